The van der Waals surface area contributed by atoms with Crippen molar-refractivity contribution >= 4 is 0 Å². The maximum Gasteiger partial charge on any atom is 0.184 e. The van der Waals surface area contributed by atoms with Crippen molar-refractivity contribution in [1.82, 2.24) is 0 Å². The SMILES string of the molecule is CC(C)c1ccc(C2OC(C)C(C)O2)cc1. The van der Waals surface area contributed by atoms with Crippen LogP contribution < -0.4 is 0 Å². The van der Waals surface area contributed by atoms with E-state index in [0.717, 1.165) is 5.56 Å². The molecule has 1 fully saturated rings. The highest BCUT2D eigenvalue weighted by Gasteiger charge is 2.30. The predicted molar refractivity (Wildman–Crippen MR) is 64.4 cm³/mol. The van der Waals surface area contributed by atoms with Gasteiger partial charge in [0, 0.05) is 5.56 Å². The van der Waals surface area contributed by atoms with Crippen LogP contribution in [0, 0.1) is 0 Å². The Labute approximate surface area is 97.6 Å². The molecule has 0 radical (unpaired) electrons. The van der Waals surface area contributed by atoms with Crippen molar-refractivity contribution in [3.05, 3.63) is 35.4 Å². The highest BCUT2D eigenvalue weighted by molar-refractivity contribution is 5.25. The van der Waals surface area contributed by atoms with Crippen molar-refractivity contribution in [2.75, 3.05) is 0 Å². The summed E-state index contributed by atoms with van der Waals surface area (Å²) in [5.41, 5.74) is 2.46. The van der Waals surface area contributed by atoms with E-state index in [0.29, 0.717) is 5.92 Å². The minimum absolute atomic E-state index is 0.176. The number of rotatable bonds is 2. The highest BCUT2D eigenvalue weighted by Crippen LogP contribution is 2.31. The largest absolute Gasteiger partial charge is 0.343 e. The molecule has 0 spiro atoms. The van der Waals surface area contributed by atoms with Gasteiger partial charge in [-0.3, -0.25) is 0 Å². The summed E-state index contributed by atoms with van der Waals surface area (Å²) in [6.45, 7) is 8.49. The van der Waals surface area contributed by atoms with Crippen molar-refractivity contribution < 1.29 is 9.47 Å². The summed E-state index contributed by atoms with van der Waals surface area (Å²) in [6, 6.07) is 8.51. The zero-order valence-corrected chi connectivity index (χ0v) is 10.4. The van der Waals surface area contributed by atoms with Crippen LogP contribution >= 0.6 is 0 Å². The molecular weight excluding hydrogens is 200 g/mol. The molecule has 1 aliphatic rings. The van der Waals surface area contributed by atoms with Gasteiger partial charge in [-0.1, -0.05) is 38.1 Å². The molecule has 1 heterocycles. The van der Waals surface area contributed by atoms with Gasteiger partial charge in [-0.15, -0.1) is 0 Å². The van der Waals surface area contributed by atoms with Gasteiger partial charge >= 0.3 is 0 Å². The molecular formula is C14H20O2. The predicted octanol–water partition coefficient (Wildman–Crippen LogP) is 3.63. The van der Waals surface area contributed by atoms with Crippen molar-refractivity contribution in [2.45, 2.75) is 52.1 Å². The molecule has 16 heavy (non-hydrogen) atoms. The smallest absolute Gasteiger partial charge is 0.184 e. The second kappa shape index (κ2) is 4.56. The Hall–Kier alpha value is -0.860. The first-order chi connectivity index (χ1) is 7.58. The summed E-state index contributed by atoms with van der Waals surface area (Å²) in [6.07, 6.45) is 0.163. The fraction of sp³-hybridized carbons (Fsp3) is 0.571. The monoisotopic (exact) mass is 220 g/mol. The van der Waals surface area contributed by atoms with Gasteiger partial charge in [0.15, 0.2) is 6.29 Å². The lowest BCUT2D eigenvalue weighted by atomic mass is 10.0. The van der Waals surface area contributed by atoms with Gasteiger partial charge in [-0.25, -0.2) is 0 Å². The van der Waals surface area contributed by atoms with E-state index in [1.54, 1.807) is 0 Å². The molecule has 0 amide bonds. The molecule has 1 aliphatic heterocycles. The standard InChI is InChI=1S/C14H20O2/c1-9(2)12-5-7-13(8-6-12)14-15-10(3)11(4)16-14/h5-11,14H,1-4H3. The Balaban J connectivity index is 2.11. The lowest BCUT2D eigenvalue weighted by Gasteiger charge is -2.12. The van der Waals surface area contributed by atoms with Crippen molar-refractivity contribution in [2.24, 2.45) is 0 Å². The molecule has 0 saturated carbocycles. The fourth-order valence-electron chi connectivity index (χ4n) is 1.84. The Morgan fingerprint density at radius 1 is 0.938 bits per heavy atom. The summed E-state index contributed by atoms with van der Waals surface area (Å²) in [5, 5.41) is 0. The zero-order chi connectivity index (χ0) is 11.7. The van der Waals surface area contributed by atoms with Crippen LogP contribution in [0.1, 0.15) is 51.0 Å². The summed E-state index contributed by atoms with van der Waals surface area (Å²) in [7, 11) is 0. The van der Waals surface area contributed by atoms with E-state index in [4.69, 9.17) is 9.47 Å². The number of benzene rings is 1. The molecule has 1 saturated heterocycles. The molecule has 0 bridgehead atoms. The van der Waals surface area contributed by atoms with E-state index in [1.807, 2.05) is 13.8 Å². The maximum atomic E-state index is 5.74. The lowest BCUT2D eigenvalue weighted by molar-refractivity contribution is -0.0652. The molecule has 2 atom stereocenters. The summed E-state index contributed by atoms with van der Waals surface area (Å²) in [4.78, 5) is 0. The van der Waals surface area contributed by atoms with Gasteiger partial charge in [0.25, 0.3) is 0 Å². The van der Waals surface area contributed by atoms with E-state index in [2.05, 4.69) is 38.1 Å². The van der Waals surface area contributed by atoms with Crippen molar-refractivity contribution in [3.8, 4) is 0 Å². The Morgan fingerprint density at radius 3 is 1.88 bits per heavy atom. The van der Waals surface area contributed by atoms with Gasteiger partial charge in [-0.05, 0) is 25.3 Å². The van der Waals surface area contributed by atoms with E-state index < -0.39 is 0 Å². The third-order valence-corrected chi connectivity index (χ3v) is 3.21. The van der Waals surface area contributed by atoms with Crippen LogP contribution in [-0.4, -0.2) is 12.2 Å². The molecule has 0 N–H and O–H groups in total. The summed E-state index contributed by atoms with van der Waals surface area (Å²) >= 11 is 0. The molecule has 1 aromatic carbocycles. The van der Waals surface area contributed by atoms with Gasteiger partial charge in [0.2, 0.25) is 0 Å². The maximum absolute atomic E-state index is 5.74. The molecule has 0 aliphatic carbocycles. The van der Waals surface area contributed by atoms with E-state index in [-0.39, 0.29) is 18.5 Å². The third-order valence-electron chi connectivity index (χ3n) is 3.21. The van der Waals surface area contributed by atoms with Crippen LogP contribution in [0.3, 0.4) is 0 Å². The third kappa shape index (κ3) is 2.28. The van der Waals surface area contributed by atoms with Crippen LogP contribution in [0.25, 0.3) is 0 Å². The van der Waals surface area contributed by atoms with Gasteiger partial charge < -0.3 is 9.47 Å². The lowest BCUT2D eigenvalue weighted by Crippen LogP contribution is -2.13. The molecule has 2 heteroatoms. The molecule has 1 aromatic rings. The number of hydrogen-bond donors (Lipinski definition) is 0. The first kappa shape index (κ1) is 11.6. The molecule has 2 rings (SSSR count). The van der Waals surface area contributed by atoms with Gasteiger partial charge in [0.05, 0.1) is 12.2 Å². The highest BCUT2D eigenvalue weighted by atomic mass is 16.7. The first-order valence-electron chi connectivity index (χ1n) is 5.98. The molecule has 88 valence electrons. The average molecular weight is 220 g/mol. The number of hydrogen-bond acceptors (Lipinski definition) is 2. The second-order valence-corrected chi connectivity index (χ2v) is 4.84. The first-order valence-corrected chi connectivity index (χ1v) is 5.98. The van der Waals surface area contributed by atoms with E-state index in [9.17, 15) is 0 Å². The van der Waals surface area contributed by atoms with Crippen LogP contribution in [0.4, 0.5) is 0 Å². The summed E-state index contributed by atoms with van der Waals surface area (Å²) in [5.74, 6) is 0.567. The van der Waals surface area contributed by atoms with Crippen LogP contribution in [0.15, 0.2) is 24.3 Å². The quantitative estimate of drug-likeness (QED) is 0.757. The Bertz CT molecular complexity index is 332. The van der Waals surface area contributed by atoms with E-state index in [1.165, 1.54) is 5.56 Å². The van der Waals surface area contributed by atoms with Crippen LogP contribution in [0.5, 0.6) is 0 Å². The minimum Gasteiger partial charge on any atom is -0.343 e. The minimum atomic E-state index is -0.189. The van der Waals surface area contributed by atoms with Crippen LogP contribution in [0.2, 0.25) is 0 Å². The van der Waals surface area contributed by atoms with Crippen LogP contribution in [-0.2, 0) is 9.47 Å². The Morgan fingerprint density at radius 2 is 1.44 bits per heavy atom. The molecule has 2 unspecified atom stereocenters. The molecule has 0 aromatic heterocycles. The van der Waals surface area contributed by atoms with Gasteiger partial charge in [0.1, 0.15) is 0 Å². The normalized spacial score (nSPS) is 29.9. The van der Waals surface area contributed by atoms with Crippen molar-refractivity contribution in [3.63, 3.8) is 0 Å². The average Bonchev–Trinajstić information content (AvgIpc) is 2.59. The fourth-order valence-corrected chi connectivity index (χ4v) is 1.84. The number of ether oxygens (including phenoxy) is 2. The topological polar surface area (TPSA) is 18.5 Å². The Kier molecular flexibility index (Phi) is 3.31. The zero-order valence-electron chi connectivity index (χ0n) is 10.4. The summed E-state index contributed by atoms with van der Waals surface area (Å²) < 4.78 is 11.5. The second-order valence-electron chi connectivity index (χ2n) is 4.84. The van der Waals surface area contributed by atoms with E-state index >= 15 is 0 Å². The molecule has 2 nitrogen and oxygen atoms in total. The van der Waals surface area contributed by atoms with Gasteiger partial charge in [-0.2, -0.15) is 0 Å². The van der Waals surface area contributed by atoms with Crippen molar-refractivity contribution in [1.29, 1.82) is 0 Å².